The second-order valence-electron chi connectivity index (χ2n) is 5.99. The fourth-order valence-corrected chi connectivity index (χ4v) is 4.61. The molecule has 0 saturated heterocycles. The van der Waals surface area contributed by atoms with Crippen molar-refractivity contribution in [1.82, 2.24) is 4.98 Å². The van der Waals surface area contributed by atoms with Gasteiger partial charge < -0.3 is 5.32 Å². The number of aromatic nitrogens is 1. The topological polar surface area (TPSA) is 59.1 Å². The van der Waals surface area contributed by atoms with Crippen molar-refractivity contribution < 1.29 is 8.42 Å². The van der Waals surface area contributed by atoms with Crippen LogP contribution in [0.25, 0.3) is 10.9 Å². The summed E-state index contributed by atoms with van der Waals surface area (Å²) < 4.78 is 24.5. The number of sulfone groups is 1. The number of hydrogen-bond donors (Lipinski definition) is 1. The molecule has 1 aromatic heterocycles. The number of halogens is 1. The average molecular weight is 383 g/mol. The van der Waals surface area contributed by atoms with E-state index in [4.69, 9.17) is 0 Å². The highest BCUT2D eigenvalue weighted by Gasteiger charge is 2.28. The van der Waals surface area contributed by atoms with Crippen molar-refractivity contribution >= 4 is 42.5 Å². The van der Waals surface area contributed by atoms with E-state index in [9.17, 15) is 8.42 Å². The quantitative estimate of drug-likeness (QED) is 0.877. The molecule has 0 amide bonds. The van der Waals surface area contributed by atoms with Gasteiger partial charge in [0, 0.05) is 22.2 Å². The molecular weight excluding hydrogens is 364 g/mol. The van der Waals surface area contributed by atoms with Crippen LogP contribution in [0.4, 0.5) is 5.82 Å². The summed E-state index contributed by atoms with van der Waals surface area (Å²) in [4.78, 5) is 4.62. The van der Waals surface area contributed by atoms with Crippen LogP contribution in [0.1, 0.15) is 25.7 Å². The minimum Gasteiger partial charge on any atom is -0.367 e. The number of benzene rings is 1. The van der Waals surface area contributed by atoms with Crippen molar-refractivity contribution in [3.05, 3.63) is 34.8 Å². The fraction of sp³-hybridized carbons (Fsp3) is 0.438. The molecule has 1 aliphatic rings. The Labute approximate surface area is 139 Å². The summed E-state index contributed by atoms with van der Waals surface area (Å²) >= 11 is 3.46. The zero-order valence-corrected chi connectivity index (χ0v) is 14.8. The maximum atomic E-state index is 11.7. The standard InChI is InChI=1S/C16H19BrN2O2S/c1-22(20,21)14-4-2-3-13(10-14)18-16-8-5-11-9-12(17)6-7-15(11)19-16/h5-9,13-14H,2-4,10H2,1H3,(H,18,19). The molecule has 22 heavy (non-hydrogen) atoms. The van der Waals surface area contributed by atoms with E-state index in [0.717, 1.165) is 40.5 Å². The van der Waals surface area contributed by atoms with Gasteiger partial charge in [0.15, 0.2) is 0 Å². The lowest BCUT2D eigenvalue weighted by Gasteiger charge is -2.29. The van der Waals surface area contributed by atoms with Gasteiger partial charge >= 0.3 is 0 Å². The summed E-state index contributed by atoms with van der Waals surface area (Å²) in [5.41, 5.74) is 0.934. The predicted octanol–water partition coefficient (Wildman–Crippen LogP) is 3.77. The molecule has 2 atom stereocenters. The SMILES string of the molecule is CS(=O)(=O)C1CCCC(Nc2ccc3cc(Br)ccc3n2)C1. The van der Waals surface area contributed by atoms with Crippen LogP contribution in [-0.4, -0.2) is 30.9 Å². The van der Waals surface area contributed by atoms with Crippen LogP contribution < -0.4 is 5.32 Å². The molecule has 1 fully saturated rings. The van der Waals surface area contributed by atoms with Gasteiger partial charge in [-0.1, -0.05) is 22.4 Å². The molecular formula is C16H19BrN2O2S. The molecule has 4 nitrogen and oxygen atoms in total. The Morgan fingerprint density at radius 1 is 1.23 bits per heavy atom. The van der Waals surface area contributed by atoms with Gasteiger partial charge in [-0.15, -0.1) is 0 Å². The van der Waals surface area contributed by atoms with E-state index in [2.05, 4.69) is 26.2 Å². The second kappa shape index (κ2) is 6.16. The van der Waals surface area contributed by atoms with E-state index in [0.29, 0.717) is 6.42 Å². The van der Waals surface area contributed by atoms with Crippen molar-refractivity contribution in [1.29, 1.82) is 0 Å². The summed E-state index contributed by atoms with van der Waals surface area (Å²) in [6.45, 7) is 0. The second-order valence-corrected chi connectivity index (χ2v) is 9.23. The first-order valence-electron chi connectivity index (χ1n) is 7.43. The molecule has 0 spiro atoms. The Morgan fingerprint density at radius 2 is 2.05 bits per heavy atom. The lowest BCUT2D eigenvalue weighted by atomic mass is 9.95. The molecule has 0 radical (unpaired) electrons. The number of nitrogens with one attached hydrogen (secondary N) is 1. The van der Waals surface area contributed by atoms with Gasteiger partial charge in [0.2, 0.25) is 0 Å². The summed E-state index contributed by atoms with van der Waals surface area (Å²) in [6, 6.07) is 10.1. The third kappa shape index (κ3) is 3.60. The molecule has 0 bridgehead atoms. The van der Waals surface area contributed by atoms with Gasteiger partial charge in [-0.3, -0.25) is 0 Å². The van der Waals surface area contributed by atoms with E-state index >= 15 is 0 Å². The van der Waals surface area contributed by atoms with Gasteiger partial charge in [-0.25, -0.2) is 13.4 Å². The first-order chi connectivity index (χ1) is 10.4. The van der Waals surface area contributed by atoms with Gasteiger partial charge in [0.05, 0.1) is 10.8 Å². The highest BCUT2D eigenvalue weighted by molar-refractivity contribution is 9.10. The number of pyridine rings is 1. The zero-order valence-electron chi connectivity index (χ0n) is 12.4. The summed E-state index contributed by atoms with van der Waals surface area (Å²) in [5, 5.41) is 4.26. The maximum absolute atomic E-state index is 11.7. The molecule has 3 rings (SSSR count). The normalized spacial score (nSPS) is 22.6. The third-order valence-electron chi connectivity index (χ3n) is 4.23. The number of hydrogen-bond acceptors (Lipinski definition) is 4. The monoisotopic (exact) mass is 382 g/mol. The Morgan fingerprint density at radius 3 is 2.82 bits per heavy atom. The smallest absolute Gasteiger partial charge is 0.150 e. The number of anilines is 1. The first-order valence-corrected chi connectivity index (χ1v) is 10.2. The van der Waals surface area contributed by atoms with Crippen molar-refractivity contribution in [3.8, 4) is 0 Å². The molecule has 2 aromatic rings. The number of nitrogens with zero attached hydrogens (tertiary/aromatic N) is 1. The fourth-order valence-electron chi connectivity index (χ4n) is 3.05. The average Bonchev–Trinajstić information content (AvgIpc) is 2.47. The van der Waals surface area contributed by atoms with E-state index in [1.165, 1.54) is 6.26 Å². The van der Waals surface area contributed by atoms with Crippen molar-refractivity contribution in [2.24, 2.45) is 0 Å². The van der Waals surface area contributed by atoms with Crippen LogP contribution in [-0.2, 0) is 9.84 Å². The first kappa shape index (κ1) is 15.7. The lowest BCUT2D eigenvalue weighted by molar-refractivity contribution is 0.452. The Balaban J connectivity index is 1.76. The highest BCUT2D eigenvalue weighted by atomic mass is 79.9. The van der Waals surface area contributed by atoms with E-state index in [1.807, 2.05) is 30.3 Å². The van der Waals surface area contributed by atoms with Gasteiger partial charge in [-0.2, -0.15) is 0 Å². The van der Waals surface area contributed by atoms with Crippen LogP contribution in [0.15, 0.2) is 34.8 Å². The largest absolute Gasteiger partial charge is 0.367 e. The highest BCUT2D eigenvalue weighted by Crippen LogP contribution is 2.27. The molecule has 1 saturated carbocycles. The van der Waals surface area contributed by atoms with Gasteiger partial charge in [0.1, 0.15) is 15.7 Å². The van der Waals surface area contributed by atoms with Gasteiger partial charge in [0.25, 0.3) is 0 Å². The Kier molecular flexibility index (Phi) is 4.41. The van der Waals surface area contributed by atoms with E-state index in [1.54, 1.807) is 0 Å². The van der Waals surface area contributed by atoms with Crippen LogP contribution in [0.5, 0.6) is 0 Å². The Bertz CT molecular complexity index is 792. The summed E-state index contributed by atoms with van der Waals surface area (Å²) in [7, 11) is -2.96. The molecule has 118 valence electrons. The molecule has 1 aliphatic carbocycles. The summed E-state index contributed by atoms with van der Waals surface area (Å²) in [5.74, 6) is 0.814. The van der Waals surface area contributed by atoms with E-state index < -0.39 is 9.84 Å². The third-order valence-corrected chi connectivity index (χ3v) is 6.37. The molecule has 0 aliphatic heterocycles. The lowest BCUT2D eigenvalue weighted by Crippen LogP contribution is -2.34. The minimum atomic E-state index is -2.96. The maximum Gasteiger partial charge on any atom is 0.150 e. The van der Waals surface area contributed by atoms with E-state index in [-0.39, 0.29) is 11.3 Å². The van der Waals surface area contributed by atoms with Crippen LogP contribution in [0.3, 0.4) is 0 Å². The van der Waals surface area contributed by atoms with Crippen molar-refractivity contribution in [2.75, 3.05) is 11.6 Å². The zero-order chi connectivity index (χ0) is 15.7. The predicted molar refractivity (Wildman–Crippen MR) is 94.0 cm³/mol. The summed E-state index contributed by atoms with van der Waals surface area (Å²) in [6.07, 6.45) is 4.71. The van der Waals surface area contributed by atoms with Crippen LogP contribution >= 0.6 is 15.9 Å². The number of rotatable bonds is 3. The Hall–Kier alpha value is -1.14. The number of fused-ring (bicyclic) bond motifs is 1. The van der Waals surface area contributed by atoms with Crippen LogP contribution in [0.2, 0.25) is 0 Å². The molecule has 1 aromatic carbocycles. The van der Waals surface area contributed by atoms with Gasteiger partial charge in [-0.05, 0) is 49.6 Å². The van der Waals surface area contributed by atoms with Crippen molar-refractivity contribution in [3.63, 3.8) is 0 Å². The molecule has 1 N–H and O–H groups in total. The minimum absolute atomic E-state index is 0.175. The molecule has 2 unspecified atom stereocenters. The molecule has 1 heterocycles. The van der Waals surface area contributed by atoms with Crippen molar-refractivity contribution in [2.45, 2.75) is 37.0 Å². The van der Waals surface area contributed by atoms with Crippen LogP contribution in [0, 0.1) is 0 Å². The molecule has 6 heteroatoms.